The van der Waals surface area contributed by atoms with E-state index in [2.05, 4.69) is 10.3 Å². The predicted molar refractivity (Wildman–Crippen MR) is 70.8 cm³/mol. The molecule has 1 heterocycles. The van der Waals surface area contributed by atoms with Gasteiger partial charge in [0.25, 0.3) is 5.91 Å². The maximum atomic E-state index is 11.8. The minimum absolute atomic E-state index is 0.0403. The first kappa shape index (κ1) is 14.9. The summed E-state index contributed by atoms with van der Waals surface area (Å²) in [6, 6.07) is 2.94. The molecule has 104 valence electrons. The Kier molecular flexibility index (Phi) is 4.42. The van der Waals surface area contributed by atoms with Crippen LogP contribution in [0.4, 0.5) is 11.5 Å². The third-order valence-corrected chi connectivity index (χ3v) is 2.29. The molecule has 0 unspecified atom stereocenters. The molecule has 0 aliphatic heterocycles. The van der Waals surface area contributed by atoms with Crippen LogP contribution in [0, 0.1) is 10.1 Å². The monoisotopic (exact) mass is 267 g/mol. The molecule has 0 saturated carbocycles. The van der Waals surface area contributed by atoms with Crippen molar-refractivity contribution < 1.29 is 14.7 Å². The Morgan fingerprint density at radius 2 is 2.16 bits per heavy atom. The van der Waals surface area contributed by atoms with Gasteiger partial charge in [-0.2, -0.15) is 0 Å². The van der Waals surface area contributed by atoms with Gasteiger partial charge in [0, 0.05) is 11.6 Å². The molecule has 2 N–H and O–H groups in total. The van der Waals surface area contributed by atoms with Crippen LogP contribution in [0.5, 0.6) is 0 Å². The summed E-state index contributed by atoms with van der Waals surface area (Å²) in [6.45, 7) is 5.67. The van der Waals surface area contributed by atoms with Crippen LogP contribution in [0.1, 0.15) is 20.8 Å². The summed E-state index contributed by atoms with van der Waals surface area (Å²) in [5.41, 5.74) is -0.391. The van der Waals surface area contributed by atoms with Gasteiger partial charge in [0.05, 0.1) is 18.2 Å². The zero-order chi connectivity index (χ0) is 14.6. The molecule has 0 fully saturated rings. The zero-order valence-electron chi connectivity index (χ0n) is 11.6. The van der Waals surface area contributed by atoms with Crippen molar-refractivity contribution in [3.63, 3.8) is 0 Å². The largest absolute Gasteiger partial charge is 0.357 e. The highest BCUT2D eigenvalue weighted by molar-refractivity contribution is 5.81. The quantitative estimate of drug-likeness (QED) is 0.644. The number of nitrogens with one attached hydrogen (secondary N) is 2. The molecule has 7 heteroatoms. The van der Waals surface area contributed by atoms with E-state index < -0.39 is 4.92 Å². The van der Waals surface area contributed by atoms with E-state index in [0.29, 0.717) is 5.82 Å². The van der Waals surface area contributed by atoms with Crippen molar-refractivity contribution in [2.75, 3.05) is 18.5 Å². The van der Waals surface area contributed by atoms with Crippen LogP contribution in [-0.4, -0.2) is 30.0 Å². The predicted octanol–water partition coefficient (Wildman–Crippen LogP) is 0.760. The summed E-state index contributed by atoms with van der Waals surface area (Å²) in [5.74, 6) is 0.109. The van der Waals surface area contributed by atoms with E-state index in [0.717, 1.165) is 0 Å². The van der Waals surface area contributed by atoms with E-state index >= 15 is 0 Å². The lowest BCUT2D eigenvalue weighted by molar-refractivity contribution is -0.411. The number of H-pyrrole nitrogens is 1. The van der Waals surface area contributed by atoms with Gasteiger partial charge in [-0.3, -0.25) is 14.9 Å². The van der Waals surface area contributed by atoms with Gasteiger partial charge in [-0.1, -0.05) is 0 Å². The first-order chi connectivity index (χ1) is 8.70. The lowest BCUT2D eigenvalue weighted by Gasteiger charge is -2.21. The number of carbonyl (C=O) groups is 1. The highest BCUT2D eigenvalue weighted by Gasteiger charge is 2.27. The molecule has 0 aromatic carbocycles. The van der Waals surface area contributed by atoms with Crippen LogP contribution >= 0.6 is 0 Å². The molecule has 0 bridgehead atoms. The Bertz CT molecular complexity index is 482. The number of nitrogens with zero attached hydrogens (tertiary/aromatic N) is 2. The fourth-order valence-electron chi connectivity index (χ4n) is 1.62. The Labute approximate surface area is 111 Å². The van der Waals surface area contributed by atoms with Crippen molar-refractivity contribution in [3.8, 4) is 0 Å². The first-order valence-corrected chi connectivity index (χ1v) is 5.88. The van der Waals surface area contributed by atoms with Gasteiger partial charge in [0.1, 0.15) is 0 Å². The molecule has 0 aliphatic rings. The molecule has 0 atom stereocenters. The minimum Gasteiger partial charge on any atom is -0.348 e. The van der Waals surface area contributed by atoms with Crippen LogP contribution in [0.15, 0.2) is 18.3 Å². The number of anilines is 1. The summed E-state index contributed by atoms with van der Waals surface area (Å²) in [4.78, 5) is 26.5. The van der Waals surface area contributed by atoms with E-state index in [4.69, 9.17) is 0 Å². The molecule has 1 amide bonds. The van der Waals surface area contributed by atoms with Crippen molar-refractivity contribution in [3.05, 3.63) is 28.4 Å². The van der Waals surface area contributed by atoms with Gasteiger partial charge in [-0.05, 0) is 26.8 Å². The molecule has 0 spiro atoms. The lowest BCUT2D eigenvalue weighted by atomic mass is 10.1. The summed E-state index contributed by atoms with van der Waals surface area (Å²) in [7, 11) is 1.63. The van der Waals surface area contributed by atoms with Crippen molar-refractivity contribution in [1.29, 1.82) is 0 Å². The van der Waals surface area contributed by atoms with Crippen LogP contribution in [0.2, 0.25) is 0 Å². The summed E-state index contributed by atoms with van der Waals surface area (Å²) >= 11 is 0. The number of nitro groups is 1. The van der Waals surface area contributed by atoms with E-state index in [1.807, 2.05) is 20.8 Å². The Hall–Kier alpha value is -2.18. The third kappa shape index (κ3) is 4.53. The van der Waals surface area contributed by atoms with Crippen molar-refractivity contribution >= 4 is 17.4 Å². The molecule has 1 aromatic rings. The number of hydrogen-bond acceptors (Lipinski definition) is 4. The first-order valence-electron chi connectivity index (χ1n) is 5.88. The number of aromatic nitrogens is 1. The topological polar surface area (TPSA) is 89.6 Å². The normalized spacial score (nSPS) is 10.9. The van der Waals surface area contributed by atoms with Crippen molar-refractivity contribution in [2.24, 2.45) is 0 Å². The standard InChI is InChI=1S/C12H18N4O3/c1-12(2,3)14-10(17)8-15(4)11-9(16(18)19)6-5-7-13-11/h5-7H,8H2,1-4H3,(H,14,17)/p+1. The summed E-state index contributed by atoms with van der Waals surface area (Å²) < 4.78 is 0. The Morgan fingerprint density at radius 3 is 2.68 bits per heavy atom. The molecular formula is C12H19N4O3+. The number of pyridine rings is 1. The second-order valence-electron chi connectivity index (χ2n) is 5.32. The maximum absolute atomic E-state index is 11.8. The summed E-state index contributed by atoms with van der Waals surface area (Å²) in [6.07, 6.45) is 1.58. The van der Waals surface area contributed by atoms with Gasteiger partial charge in [-0.15, -0.1) is 0 Å². The maximum Gasteiger partial charge on any atom is 0.357 e. The van der Waals surface area contributed by atoms with Crippen molar-refractivity contribution in [1.82, 2.24) is 5.32 Å². The molecule has 1 aromatic heterocycles. The fraction of sp³-hybridized carbons (Fsp3) is 0.500. The molecule has 7 nitrogen and oxygen atoms in total. The van der Waals surface area contributed by atoms with Crippen LogP contribution in [0.3, 0.4) is 0 Å². The fourth-order valence-corrected chi connectivity index (χ4v) is 1.62. The van der Waals surface area contributed by atoms with Gasteiger partial charge < -0.3 is 5.32 Å². The van der Waals surface area contributed by atoms with E-state index in [1.54, 1.807) is 19.3 Å². The lowest BCUT2D eigenvalue weighted by Crippen LogP contribution is -2.46. The third-order valence-electron chi connectivity index (χ3n) is 2.29. The van der Waals surface area contributed by atoms with E-state index in [-0.39, 0.29) is 23.7 Å². The summed E-state index contributed by atoms with van der Waals surface area (Å²) in [5, 5.41) is 13.7. The number of rotatable bonds is 4. The van der Waals surface area contributed by atoms with Crippen LogP contribution in [0.25, 0.3) is 0 Å². The van der Waals surface area contributed by atoms with Gasteiger partial charge in [0.2, 0.25) is 0 Å². The zero-order valence-corrected chi connectivity index (χ0v) is 11.6. The smallest absolute Gasteiger partial charge is 0.348 e. The molecular weight excluding hydrogens is 248 g/mol. The molecule has 19 heavy (non-hydrogen) atoms. The Balaban J connectivity index is 2.82. The second-order valence-corrected chi connectivity index (χ2v) is 5.32. The number of hydrogen-bond donors (Lipinski definition) is 1. The second kappa shape index (κ2) is 5.64. The Morgan fingerprint density at radius 1 is 1.53 bits per heavy atom. The van der Waals surface area contributed by atoms with Crippen LogP contribution in [-0.2, 0) is 4.79 Å². The van der Waals surface area contributed by atoms with E-state index in [1.165, 1.54) is 11.0 Å². The van der Waals surface area contributed by atoms with Gasteiger partial charge in [0.15, 0.2) is 6.54 Å². The average molecular weight is 267 g/mol. The highest BCUT2D eigenvalue weighted by Crippen LogP contribution is 2.20. The molecule has 1 rings (SSSR count). The highest BCUT2D eigenvalue weighted by atomic mass is 16.6. The molecule has 0 saturated heterocycles. The van der Waals surface area contributed by atoms with Crippen LogP contribution < -0.4 is 15.2 Å². The van der Waals surface area contributed by atoms with Gasteiger partial charge in [-0.25, -0.2) is 9.88 Å². The SMILES string of the molecule is CN(CC(=O)NC(C)(C)C)c1[nH+]cccc1[N+](=O)[O-]. The van der Waals surface area contributed by atoms with Crippen molar-refractivity contribution in [2.45, 2.75) is 26.3 Å². The molecule has 0 aliphatic carbocycles. The van der Waals surface area contributed by atoms with E-state index in [9.17, 15) is 14.9 Å². The number of carbonyl (C=O) groups excluding carboxylic acids is 1. The van der Waals surface area contributed by atoms with Gasteiger partial charge >= 0.3 is 11.5 Å². The minimum atomic E-state index is -0.482. The molecule has 0 radical (unpaired) electrons. The average Bonchev–Trinajstić information content (AvgIpc) is 2.26. The number of likely N-dealkylation sites (N-methyl/N-ethyl adjacent to an activating group) is 1. The number of amides is 1. The number of aromatic amines is 1.